The molecule has 0 radical (unpaired) electrons. The van der Waals surface area contributed by atoms with Gasteiger partial charge in [-0.2, -0.15) is 0 Å². The van der Waals surface area contributed by atoms with Crippen LogP contribution in [-0.2, 0) is 19.7 Å². The van der Waals surface area contributed by atoms with E-state index in [-0.39, 0.29) is 11.3 Å². The van der Waals surface area contributed by atoms with E-state index in [9.17, 15) is 9.59 Å². The third kappa shape index (κ3) is 3.63. The van der Waals surface area contributed by atoms with Crippen molar-refractivity contribution in [3.63, 3.8) is 0 Å². The monoisotopic (exact) mass is 375 g/mol. The normalized spacial score (nSPS) is 16.1. The predicted molar refractivity (Wildman–Crippen MR) is 112 cm³/mol. The molecule has 1 heterocycles. The first kappa shape index (κ1) is 19.6. The SMILES string of the molecule is COC(=O)C1=C(C)N(c2ccccc2)C(=O)/C1=C\c1ccc(C(C)(C)C)cc1. The molecular formula is C24H25NO3. The summed E-state index contributed by atoms with van der Waals surface area (Å²) in [4.78, 5) is 27.2. The van der Waals surface area contributed by atoms with Gasteiger partial charge in [0.05, 0.1) is 18.3 Å². The van der Waals surface area contributed by atoms with Crippen molar-refractivity contribution in [3.8, 4) is 0 Å². The lowest BCUT2D eigenvalue weighted by Gasteiger charge is -2.19. The summed E-state index contributed by atoms with van der Waals surface area (Å²) < 4.78 is 4.95. The van der Waals surface area contributed by atoms with Gasteiger partial charge in [-0.15, -0.1) is 0 Å². The summed E-state index contributed by atoms with van der Waals surface area (Å²) in [5, 5.41) is 0. The topological polar surface area (TPSA) is 46.6 Å². The number of carbonyl (C=O) groups excluding carboxylic acids is 2. The molecule has 0 aromatic heterocycles. The summed E-state index contributed by atoms with van der Waals surface area (Å²) in [6.45, 7) is 8.22. The van der Waals surface area contributed by atoms with Crippen LogP contribution in [0.4, 0.5) is 5.69 Å². The van der Waals surface area contributed by atoms with Crippen LogP contribution in [0.2, 0.25) is 0 Å². The number of hydrogen-bond donors (Lipinski definition) is 0. The second-order valence-electron chi connectivity index (χ2n) is 7.86. The number of ether oxygens (including phenoxy) is 1. The zero-order valence-corrected chi connectivity index (χ0v) is 16.9. The molecule has 0 atom stereocenters. The Kier molecular flexibility index (Phi) is 5.23. The summed E-state index contributed by atoms with van der Waals surface area (Å²) in [6.07, 6.45) is 1.76. The van der Waals surface area contributed by atoms with Gasteiger partial charge in [0, 0.05) is 11.4 Å². The minimum absolute atomic E-state index is 0.0482. The molecule has 0 N–H and O–H groups in total. The molecule has 2 aromatic rings. The Morgan fingerprint density at radius 1 is 1.00 bits per heavy atom. The molecule has 0 saturated carbocycles. The average Bonchev–Trinajstić information content (AvgIpc) is 2.91. The smallest absolute Gasteiger partial charge is 0.340 e. The zero-order chi connectivity index (χ0) is 20.5. The highest BCUT2D eigenvalue weighted by molar-refractivity contribution is 6.23. The first-order chi connectivity index (χ1) is 13.2. The molecule has 2 aromatic carbocycles. The van der Waals surface area contributed by atoms with Gasteiger partial charge in [-0.25, -0.2) is 4.79 Å². The van der Waals surface area contributed by atoms with Gasteiger partial charge in [-0.1, -0.05) is 63.2 Å². The van der Waals surface area contributed by atoms with E-state index in [1.54, 1.807) is 17.9 Å². The van der Waals surface area contributed by atoms with E-state index in [4.69, 9.17) is 4.74 Å². The zero-order valence-electron chi connectivity index (χ0n) is 16.9. The number of methoxy groups -OCH3 is 1. The van der Waals surface area contributed by atoms with Crippen molar-refractivity contribution < 1.29 is 14.3 Å². The first-order valence-corrected chi connectivity index (χ1v) is 9.25. The molecule has 1 aliphatic rings. The van der Waals surface area contributed by atoms with Gasteiger partial charge in [0.15, 0.2) is 0 Å². The number of allylic oxidation sites excluding steroid dienone is 1. The summed E-state index contributed by atoms with van der Waals surface area (Å²) in [7, 11) is 1.33. The van der Waals surface area contributed by atoms with Crippen molar-refractivity contribution in [2.45, 2.75) is 33.1 Å². The second kappa shape index (κ2) is 7.47. The maximum absolute atomic E-state index is 13.2. The van der Waals surface area contributed by atoms with E-state index in [1.165, 1.54) is 12.7 Å². The summed E-state index contributed by atoms with van der Waals surface area (Å²) in [6, 6.07) is 17.3. The van der Waals surface area contributed by atoms with Gasteiger partial charge in [-0.3, -0.25) is 9.69 Å². The molecular weight excluding hydrogens is 350 g/mol. The molecule has 4 nitrogen and oxygen atoms in total. The van der Waals surface area contributed by atoms with Gasteiger partial charge in [-0.05, 0) is 41.7 Å². The highest BCUT2D eigenvalue weighted by atomic mass is 16.5. The van der Waals surface area contributed by atoms with Crippen LogP contribution in [0.3, 0.4) is 0 Å². The molecule has 3 rings (SSSR count). The fourth-order valence-electron chi connectivity index (χ4n) is 3.31. The number of amides is 1. The first-order valence-electron chi connectivity index (χ1n) is 9.25. The number of anilines is 1. The number of rotatable bonds is 3. The van der Waals surface area contributed by atoms with Gasteiger partial charge < -0.3 is 4.74 Å². The minimum atomic E-state index is -0.512. The van der Waals surface area contributed by atoms with Gasteiger partial charge in [0.25, 0.3) is 5.91 Å². The largest absolute Gasteiger partial charge is 0.465 e. The Bertz CT molecular complexity index is 961. The third-order valence-corrected chi connectivity index (χ3v) is 4.89. The molecule has 0 fully saturated rings. The van der Waals surface area contributed by atoms with E-state index < -0.39 is 5.97 Å². The molecule has 0 spiro atoms. The number of nitrogens with zero attached hydrogens (tertiary/aromatic N) is 1. The van der Waals surface area contributed by atoms with Crippen molar-refractivity contribution in [2.24, 2.45) is 0 Å². The van der Waals surface area contributed by atoms with Crippen LogP contribution in [0, 0.1) is 0 Å². The quantitative estimate of drug-likeness (QED) is 0.568. The Hall–Kier alpha value is -3.14. The van der Waals surface area contributed by atoms with Crippen LogP contribution in [-0.4, -0.2) is 19.0 Å². The van der Waals surface area contributed by atoms with E-state index >= 15 is 0 Å². The number of hydrogen-bond acceptors (Lipinski definition) is 3. The Labute approximate surface area is 166 Å². The van der Waals surface area contributed by atoms with Crippen molar-refractivity contribution in [3.05, 3.63) is 82.6 Å². The van der Waals surface area contributed by atoms with E-state index in [2.05, 4.69) is 32.9 Å². The summed E-state index contributed by atoms with van der Waals surface area (Å²) in [5.74, 6) is -0.745. The van der Waals surface area contributed by atoms with Crippen molar-refractivity contribution in [2.75, 3.05) is 12.0 Å². The van der Waals surface area contributed by atoms with Gasteiger partial charge in [0.2, 0.25) is 0 Å². The van der Waals surface area contributed by atoms with E-state index in [0.717, 1.165) is 11.3 Å². The lowest BCUT2D eigenvalue weighted by molar-refractivity contribution is -0.136. The predicted octanol–water partition coefficient (Wildman–Crippen LogP) is 4.86. The maximum atomic E-state index is 13.2. The molecule has 28 heavy (non-hydrogen) atoms. The fourth-order valence-corrected chi connectivity index (χ4v) is 3.31. The van der Waals surface area contributed by atoms with Crippen LogP contribution < -0.4 is 4.90 Å². The lowest BCUT2D eigenvalue weighted by atomic mass is 9.86. The molecule has 1 aliphatic heterocycles. The van der Waals surface area contributed by atoms with E-state index in [1.807, 2.05) is 42.5 Å². The van der Waals surface area contributed by atoms with Crippen molar-refractivity contribution in [1.29, 1.82) is 0 Å². The maximum Gasteiger partial charge on any atom is 0.340 e. The highest BCUT2D eigenvalue weighted by Gasteiger charge is 2.37. The van der Waals surface area contributed by atoms with Crippen LogP contribution in [0.1, 0.15) is 38.8 Å². The van der Waals surface area contributed by atoms with Crippen LogP contribution in [0.25, 0.3) is 6.08 Å². The minimum Gasteiger partial charge on any atom is -0.465 e. The standard InChI is InChI=1S/C24H25NO3/c1-16-21(23(27)28-5)20(22(26)25(16)19-9-7-6-8-10-19)15-17-11-13-18(14-12-17)24(2,3)4/h6-15H,1-5H3/b20-15-. The Morgan fingerprint density at radius 2 is 1.61 bits per heavy atom. The number of benzene rings is 2. The second-order valence-corrected chi connectivity index (χ2v) is 7.86. The Morgan fingerprint density at radius 3 is 2.14 bits per heavy atom. The highest BCUT2D eigenvalue weighted by Crippen LogP contribution is 2.35. The van der Waals surface area contributed by atoms with Crippen LogP contribution >= 0.6 is 0 Å². The molecule has 0 saturated heterocycles. The molecule has 0 aliphatic carbocycles. The fraction of sp³-hybridized carbons (Fsp3) is 0.250. The molecule has 0 unspecified atom stereocenters. The third-order valence-electron chi connectivity index (χ3n) is 4.89. The number of para-hydroxylation sites is 1. The average molecular weight is 375 g/mol. The van der Waals surface area contributed by atoms with Gasteiger partial charge >= 0.3 is 5.97 Å². The molecule has 1 amide bonds. The van der Waals surface area contributed by atoms with Crippen molar-refractivity contribution >= 4 is 23.6 Å². The lowest BCUT2D eigenvalue weighted by Crippen LogP contribution is -2.24. The molecule has 4 heteroatoms. The summed E-state index contributed by atoms with van der Waals surface area (Å²) in [5.41, 5.74) is 4.05. The number of esters is 1. The van der Waals surface area contributed by atoms with Crippen LogP contribution in [0.15, 0.2) is 71.4 Å². The summed E-state index contributed by atoms with van der Waals surface area (Å²) >= 11 is 0. The van der Waals surface area contributed by atoms with Gasteiger partial charge in [0.1, 0.15) is 0 Å². The molecule has 144 valence electrons. The Balaban J connectivity index is 2.07. The van der Waals surface area contributed by atoms with Crippen molar-refractivity contribution in [1.82, 2.24) is 0 Å². The number of carbonyl (C=O) groups is 2. The van der Waals surface area contributed by atoms with Crippen LogP contribution in [0.5, 0.6) is 0 Å². The van der Waals surface area contributed by atoms with E-state index in [0.29, 0.717) is 16.8 Å². The molecule has 0 bridgehead atoms.